The van der Waals surface area contributed by atoms with Crippen LogP contribution in [0.4, 0.5) is 11.6 Å². The van der Waals surface area contributed by atoms with Crippen molar-refractivity contribution in [1.82, 2.24) is 9.97 Å². The molecule has 1 aromatic heterocycles. The fraction of sp³-hybridized carbons (Fsp3) is 0.643. The normalized spacial score (nSPS) is 11.8. The molecule has 1 unspecified atom stereocenters. The van der Waals surface area contributed by atoms with Gasteiger partial charge in [0.1, 0.15) is 24.0 Å². The Kier molecular flexibility index (Phi) is 6.76. The van der Waals surface area contributed by atoms with Gasteiger partial charge in [0.25, 0.3) is 0 Å². The van der Waals surface area contributed by atoms with Gasteiger partial charge in [0, 0.05) is 12.1 Å². The Balaban J connectivity index is 2.95. The SMILES string of the molecule is CCCNc1ncnc(NC(C)C(=O)OC)c1CCC. The first-order valence-electron chi connectivity index (χ1n) is 7.06. The molecule has 2 N–H and O–H groups in total. The molecule has 1 rings (SSSR count). The Morgan fingerprint density at radius 1 is 1.30 bits per heavy atom. The van der Waals surface area contributed by atoms with Crippen molar-refractivity contribution in [3.63, 3.8) is 0 Å². The van der Waals surface area contributed by atoms with Crippen molar-refractivity contribution in [3.05, 3.63) is 11.9 Å². The largest absolute Gasteiger partial charge is 0.467 e. The van der Waals surface area contributed by atoms with Gasteiger partial charge in [-0.25, -0.2) is 14.8 Å². The number of hydrogen-bond donors (Lipinski definition) is 2. The van der Waals surface area contributed by atoms with Crippen molar-refractivity contribution in [2.45, 2.75) is 46.1 Å². The first-order chi connectivity index (χ1) is 9.63. The molecule has 0 saturated carbocycles. The maximum absolute atomic E-state index is 11.5. The van der Waals surface area contributed by atoms with Crippen molar-refractivity contribution in [1.29, 1.82) is 0 Å². The first-order valence-corrected chi connectivity index (χ1v) is 7.06. The number of nitrogens with one attached hydrogen (secondary N) is 2. The average molecular weight is 280 g/mol. The van der Waals surface area contributed by atoms with E-state index in [1.54, 1.807) is 6.92 Å². The Morgan fingerprint density at radius 3 is 2.60 bits per heavy atom. The molecule has 112 valence electrons. The third-order valence-electron chi connectivity index (χ3n) is 2.90. The Hall–Kier alpha value is -1.85. The lowest BCUT2D eigenvalue weighted by molar-refractivity contribution is -0.141. The van der Waals surface area contributed by atoms with Crippen LogP contribution < -0.4 is 10.6 Å². The minimum absolute atomic E-state index is 0.311. The number of methoxy groups -OCH3 is 1. The van der Waals surface area contributed by atoms with Crippen molar-refractivity contribution < 1.29 is 9.53 Å². The van der Waals surface area contributed by atoms with Gasteiger partial charge in [-0.1, -0.05) is 20.3 Å². The van der Waals surface area contributed by atoms with Crippen LogP contribution in [0.15, 0.2) is 6.33 Å². The number of esters is 1. The van der Waals surface area contributed by atoms with Gasteiger partial charge in [0.15, 0.2) is 0 Å². The van der Waals surface area contributed by atoms with Crippen LogP contribution in [-0.4, -0.2) is 35.6 Å². The predicted octanol–water partition coefficient (Wildman–Crippen LogP) is 2.22. The van der Waals surface area contributed by atoms with Crippen LogP contribution in [0, 0.1) is 0 Å². The first kappa shape index (κ1) is 16.2. The van der Waals surface area contributed by atoms with E-state index < -0.39 is 6.04 Å². The minimum atomic E-state index is -0.440. The van der Waals surface area contributed by atoms with Gasteiger partial charge >= 0.3 is 5.97 Å². The molecular formula is C14H24N4O2. The molecule has 6 heteroatoms. The second-order valence-electron chi connectivity index (χ2n) is 4.62. The fourth-order valence-corrected chi connectivity index (χ4v) is 1.86. The molecule has 6 nitrogen and oxygen atoms in total. The molecule has 0 aliphatic rings. The van der Waals surface area contributed by atoms with E-state index in [-0.39, 0.29) is 5.97 Å². The van der Waals surface area contributed by atoms with Crippen LogP contribution in [0.2, 0.25) is 0 Å². The predicted molar refractivity (Wildman–Crippen MR) is 79.9 cm³/mol. The second-order valence-corrected chi connectivity index (χ2v) is 4.62. The van der Waals surface area contributed by atoms with Crippen molar-refractivity contribution in [3.8, 4) is 0 Å². The monoisotopic (exact) mass is 280 g/mol. The van der Waals surface area contributed by atoms with E-state index in [0.29, 0.717) is 5.82 Å². The van der Waals surface area contributed by atoms with Crippen LogP contribution in [0.25, 0.3) is 0 Å². The summed E-state index contributed by atoms with van der Waals surface area (Å²) in [6, 6.07) is -0.440. The quantitative estimate of drug-likeness (QED) is 0.711. The highest BCUT2D eigenvalue weighted by Crippen LogP contribution is 2.22. The molecule has 0 saturated heterocycles. The number of ether oxygens (including phenoxy) is 1. The van der Waals surface area contributed by atoms with Gasteiger partial charge in [0.05, 0.1) is 7.11 Å². The number of aromatic nitrogens is 2. The van der Waals surface area contributed by atoms with Crippen LogP contribution in [0.5, 0.6) is 0 Å². The summed E-state index contributed by atoms with van der Waals surface area (Å²) in [5.74, 6) is 1.22. The molecule has 1 heterocycles. The summed E-state index contributed by atoms with van der Waals surface area (Å²) >= 11 is 0. The highest BCUT2D eigenvalue weighted by atomic mass is 16.5. The van der Waals surface area contributed by atoms with E-state index in [9.17, 15) is 4.79 Å². The smallest absolute Gasteiger partial charge is 0.328 e. The number of anilines is 2. The summed E-state index contributed by atoms with van der Waals surface area (Å²) < 4.78 is 4.72. The molecule has 0 radical (unpaired) electrons. The van der Waals surface area contributed by atoms with Crippen molar-refractivity contribution in [2.75, 3.05) is 24.3 Å². The van der Waals surface area contributed by atoms with E-state index in [0.717, 1.165) is 37.2 Å². The number of carbonyl (C=O) groups excluding carboxylic acids is 1. The fourth-order valence-electron chi connectivity index (χ4n) is 1.86. The standard InChI is InChI=1S/C14H24N4O2/c1-5-7-11-12(15-8-6-2)16-9-17-13(11)18-10(3)14(19)20-4/h9-10H,5-8H2,1-4H3,(H2,15,16,17,18). The van der Waals surface area contributed by atoms with Gasteiger partial charge in [-0.2, -0.15) is 0 Å². The lowest BCUT2D eigenvalue weighted by Crippen LogP contribution is -2.28. The summed E-state index contributed by atoms with van der Waals surface area (Å²) in [4.78, 5) is 20.0. The molecule has 20 heavy (non-hydrogen) atoms. The van der Waals surface area contributed by atoms with Crippen LogP contribution >= 0.6 is 0 Å². The molecule has 0 amide bonds. The van der Waals surface area contributed by atoms with E-state index in [4.69, 9.17) is 4.74 Å². The summed E-state index contributed by atoms with van der Waals surface area (Å²) in [5, 5.41) is 6.39. The molecule has 0 aliphatic carbocycles. The lowest BCUT2D eigenvalue weighted by Gasteiger charge is -2.17. The summed E-state index contributed by atoms with van der Waals surface area (Å²) in [5.41, 5.74) is 1.01. The molecular weight excluding hydrogens is 256 g/mol. The number of hydrogen-bond acceptors (Lipinski definition) is 6. The maximum atomic E-state index is 11.5. The van der Waals surface area contributed by atoms with E-state index in [1.165, 1.54) is 13.4 Å². The van der Waals surface area contributed by atoms with Crippen LogP contribution in [0.1, 0.15) is 39.2 Å². The summed E-state index contributed by atoms with van der Waals surface area (Å²) in [6.07, 6.45) is 4.36. The van der Waals surface area contributed by atoms with Crippen molar-refractivity contribution in [2.24, 2.45) is 0 Å². The highest BCUT2D eigenvalue weighted by molar-refractivity contribution is 5.79. The van der Waals surface area contributed by atoms with Gasteiger partial charge in [-0.15, -0.1) is 0 Å². The van der Waals surface area contributed by atoms with Gasteiger partial charge < -0.3 is 15.4 Å². The van der Waals surface area contributed by atoms with E-state index in [1.807, 2.05) is 0 Å². The number of rotatable bonds is 8. The number of carbonyl (C=O) groups is 1. The molecule has 1 atom stereocenters. The van der Waals surface area contributed by atoms with E-state index in [2.05, 4.69) is 34.4 Å². The van der Waals surface area contributed by atoms with Gasteiger partial charge in [0.2, 0.25) is 0 Å². The zero-order valence-electron chi connectivity index (χ0n) is 12.7. The third-order valence-corrected chi connectivity index (χ3v) is 2.90. The third kappa shape index (κ3) is 4.36. The van der Waals surface area contributed by atoms with Crippen LogP contribution in [-0.2, 0) is 16.0 Å². The molecule has 0 fully saturated rings. The molecule has 0 aromatic carbocycles. The minimum Gasteiger partial charge on any atom is -0.467 e. The Labute approximate surface area is 120 Å². The maximum Gasteiger partial charge on any atom is 0.328 e. The number of nitrogens with zero attached hydrogens (tertiary/aromatic N) is 2. The zero-order valence-corrected chi connectivity index (χ0v) is 12.7. The Morgan fingerprint density at radius 2 is 2.00 bits per heavy atom. The van der Waals surface area contributed by atoms with Crippen LogP contribution in [0.3, 0.4) is 0 Å². The molecule has 0 spiro atoms. The van der Waals surface area contributed by atoms with Gasteiger partial charge in [-0.3, -0.25) is 0 Å². The van der Waals surface area contributed by atoms with E-state index >= 15 is 0 Å². The molecule has 0 aliphatic heterocycles. The summed E-state index contributed by atoms with van der Waals surface area (Å²) in [6.45, 7) is 6.82. The lowest BCUT2D eigenvalue weighted by atomic mass is 10.1. The van der Waals surface area contributed by atoms with Crippen molar-refractivity contribution >= 4 is 17.6 Å². The summed E-state index contributed by atoms with van der Waals surface area (Å²) in [7, 11) is 1.38. The molecule has 0 bridgehead atoms. The molecule has 1 aromatic rings. The Bertz CT molecular complexity index is 437. The second kappa shape index (κ2) is 8.35. The average Bonchev–Trinajstić information content (AvgIpc) is 2.46. The topological polar surface area (TPSA) is 76.1 Å². The highest BCUT2D eigenvalue weighted by Gasteiger charge is 2.17. The zero-order chi connectivity index (χ0) is 15.0. The van der Waals surface area contributed by atoms with Gasteiger partial charge in [-0.05, 0) is 19.8 Å².